The first-order valence-electron chi connectivity index (χ1n) is 6.91. The molecule has 0 atom stereocenters. The number of nitrogens with one attached hydrogen (secondary N) is 2. The van der Waals surface area contributed by atoms with E-state index in [0.717, 1.165) is 35.4 Å². The van der Waals surface area contributed by atoms with Crippen molar-refractivity contribution >= 4 is 21.6 Å². The molecule has 0 heterocycles. The predicted molar refractivity (Wildman–Crippen MR) is 86.1 cm³/mol. The van der Waals surface area contributed by atoms with Crippen molar-refractivity contribution in [2.24, 2.45) is 0 Å². The molecule has 0 saturated carbocycles. The Bertz CT molecular complexity index is 797. The third-order valence-corrected chi connectivity index (χ3v) is 4.71. The van der Waals surface area contributed by atoms with Crippen LogP contribution in [0.15, 0.2) is 47.4 Å². The number of carbonyl (C=O) groups is 1. The van der Waals surface area contributed by atoms with E-state index >= 15 is 0 Å². The minimum absolute atomic E-state index is 0.0984. The molecule has 0 aliphatic rings. The summed E-state index contributed by atoms with van der Waals surface area (Å²) in [6, 6.07) is 9.95. The highest BCUT2D eigenvalue weighted by atomic mass is 32.2. The summed E-state index contributed by atoms with van der Waals surface area (Å²) in [5.41, 5.74) is 2.44. The van der Waals surface area contributed by atoms with Crippen molar-refractivity contribution in [3.8, 4) is 0 Å². The van der Waals surface area contributed by atoms with Crippen LogP contribution in [-0.4, -0.2) is 20.9 Å². The van der Waals surface area contributed by atoms with Crippen LogP contribution in [0.4, 0.5) is 10.1 Å². The molecule has 23 heavy (non-hydrogen) atoms. The highest BCUT2D eigenvalue weighted by Crippen LogP contribution is 2.19. The molecule has 0 unspecified atom stereocenters. The van der Waals surface area contributed by atoms with Gasteiger partial charge in [0.05, 0.1) is 11.4 Å². The molecule has 5 nitrogen and oxygen atoms in total. The Hall–Kier alpha value is -2.25. The molecule has 0 fully saturated rings. The van der Waals surface area contributed by atoms with Crippen LogP contribution >= 0.6 is 0 Å². The summed E-state index contributed by atoms with van der Waals surface area (Å²) in [6.07, 6.45) is 0. The van der Waals surface area contributed by atoms with Crippen LogP contribution in [0.3, 0.4) is 0 Å². The number of sulfonamides is 1. The highest BCUT2D eigenvalue weighted by molar-refractivity contribution is 7.89. The lowest BCUT2D eigenvalue weighted by molar-refractivity contribution is -0.115. The van der Waals surface area contributed by atoms with Gasteiger partial charge < -0.3 is 5.32 Å². The maximum atomic E-state index is 12.8. The number of rotatable bonds is 5. The molecule has 2 rings (SSSR count). The highest BCUT2D eigenvalue weighted by Gasteiger charge is 2.16. The summed E-state index contributed by atoms with van der Waals surface area (Å²) < 4.78 is 39.1. The van der Waals surface area contributed by atoms with Crippen molar-refractivity contribution in [1.82, 2.24) is 4.72 Å². The van der Waals surface area contributed by atoms with Crippen LogP contribution in [0.2, 0.25) is 0 Å². The zero-order chi connectivity index (χ0) is 17.0. The molecule has 1 amide bonds. The average Bonchev–Trinajstić information content (AvgIpc) is 2.50. The number of hydrogen-bond acceptors (Lipinski definition) is 3. The maximum absolute atomic E-state index is 12.8. The first-order valence-corrected chi connectivity index (χ1v) is 8.39. The molecule has 0 aliphatic heterocycles. The van der Waals surface area contributed by atoms with Gasteiger partial charge in [0.25, 0.3) is 0 Å². The van der Waals surface area contributed by atoms with Gasteiger partial charge in [0.2, 0.25) is 15.9 Å². The van der Waals surface area contributed by atoms with Crippen LogP contribution in [0.5, 0.6) is 0 Å². The third-order valence-electron chi connectivity index (χ3n) is 3.29. The molecule has 2 aromatic carbocycles. The largest absolute Gasteiger partial charge is 0.324 e. The van der Waals surface area contributed by atoms with Gasteiger partial charge >= 0.3 is 0 Å². The fourth-order valence-corrected chi connectivity index (χ4v) is 3.04. The second kappa shape index (κ2) is 6.89. The number of benzene rings is 2. The lowest BCUT2D eigenvalue weighted by atomic mass is 10.1. The Labute approximate surface area is 134 Å². The van der Waals surface area contributed by atoms with Crippen molar-refractivity contribution in [2.45, 2.75) is 18.7 Å². The van der Waals surface area contributed by atoms with Gasteiger partial charge in [0.1, 0.15) is 5.82 Å². The lowest BCUT2D eigenvalue weighted by Gasteiger charge is -2.12. The van der Waals surface area contributed by atoms with Crippen molar-refractivity contribution in [3.05, 3.63) is 59.4 Å². The Balaban J connectivity index is 2.03. The minimum Gasteiger partial charge on any atom is -0.324 e. The molecule has 2 aromatic rings. The van der Waals surface area contributed by atoms with E-state index < -0.39 is 28.3 Å². The number of amides is 1. The fraction of sp³-hybridized carbons (Fsp3) is 0.188. The van der Waals surface area contributed by atoms with Crippen molar-refractivity contribution < 1.29 is 17.6 Å². The number of anilines is 1. The normalized spacial score (nSPS) is 11.3. The Morgan fingerprint density at radius 3 is 2.17 bits per heavy atom. The predicted octanol–water partition coefficient (Wildman–Crippen LogP) is 2.36. The van der Waals surface area contributed by atoms with Gasteiger partial charge in [0.15, 0.2) is 0 Å². The van der Waals surface area contributed by atoms with Gasteiger partial charge in [-0.05, 0) is 49.2 Å². The summed E-state index contributed by atoms with van der Waals surface area (Å²) in [6.45, 7) is 3.30. The second-order valence-electron chi connectivity index (χ2n) is 5.09. The molecule has 0 aliphatic carbocycles. The van der Waals surface area contributed by atoms with Gasteiger partial charge in [-0.3, -0.25) is 4.79 Å². The second-order valence-corrected chi connectivity index (χ2v) is 6.86. The van der Waals surface area contributed by atoms with Gasteiger partial charge in [-0.2, -0.15) is 0 Å². The Kier molecular flexibility index (Phi) is 5.12. The molecule has 2 N–H and O–H groups in total. The van der Waals surface area contributed by atoms with Crippen LogP contribution < -0.4 is 10.0 Å². The van der Waals surface area contributed by atoms with Gasteiger partial charge in [-0.1, -0.05) is 18.2 Å². The molecule has 0 saturated heterocycles. The maximum Gasteiger partial charge on any atom is 0.241 e. The van der Waals surface area contributed by atoms with E-state index in [1.807, 2.05) is 32.0 Å². The van der Waals surface area contributed by atoms with Gasteiger partial charge in [0, 0.05) is 5.69 Å². The number of para-hydroxylation sites is 1. The summed E-state index contributed by atoms with van der Waals surface area (Å²) in [4.78, 5) is 11.9. The van der Waals surface area contributed by atoms with Crippen molar-refractivity contribution in [2.75, 3.05) is 11.9 Å². The molecule has 0 aromatic heterocycles. The third kappa shape index (κ3) is 4.37. The summed E-state index contributed by atoms with van der Waals surface area (Å²) in [5.74, 6) is -1.01. The van der Waals surface area contributed by atoms with Crippen LogP contribution in [0.25, 0.3) is 0 Å². The summed E-state index contributed by atoms with van der Waals surface area (Å²) in [7, 11) is -3.86. The van der Waals surface area contributed by atoms with Crippen LogP contribution in [0, 0.1) is 19.7 Å². The molecular weight excluding hydrogens is 319 g/mol. The lowest BCUT2D eigenvalue weighted by Crippen LogP contribution is -2.33. The summed E-state index contributed by atoms with van der Waals surface area (Å²) in [5, 5.41) is 2.69. The molecule has 0 bridgehead atoms. The van der Waals surface area contributed by atoms with E-state index in [4.69, 9.17) is 0 Å². The average molecular weight is 336 g/mol. The first-order chi connectivity index (χ1) is 10.8. The zero-order valence-electron chi connectivity index (χ0n) is 12.8. The molecule has 0 spiro atoms. The molecule has 7 heteroatoms. The molecule has 122 valence electrons. The van der Waals surface area contributed by atoms with Crippen molar-refractivity contribution in [1.29, 1.82) is 0 Å². The van der Waals surface area contributed by atoms with E-state index in [1.165, 1.54) is 0 Å². The van der Waals surface area contributed by atoms with E-state index in [2.05, 4.69) is 10.0 Å². The van der Waals surface area contributed by atoms with Crippen LogP contribution in [-0.2, 0) is 14.8 Å². The molecule has 0 radical (unpaired) electrons. The quantitative estimate of drug-likeness (QED) is 0.880. The topological polar surface area (TPSA) is 75.3 Å². The smallest absolute Gasteiger partial charge is 0.241 e. The Morgan fingerprint density at radius 1 is 1.04 bits per heavy atom. The van der Waals surface area contributed by atoms with E-state index in [9.17, 15) is 17.6 Å². The monoisotopic (exact) mass is 336 g/mol. The number of hydrogen-bond donors (Lipinski definition) is 2. The first kappa shape index (κ1) is 17.1. The van der Waals surface area contributed by atoms with Crippen molar-refractivity contribution in [3.63, 3.8) is 0 Å². The van der Waals surface area contributed by atoms with E-state index in [0.29, 0.717) is 5.69 Å². The Morgan fingerprint density at radius 2 is 1.61 bits per heavy atom. The SMILES string of the molecule is Cc1cccc(C)c1NC(=O)CNS(=O)(=O)c1ccc(F)cc1. The standard InChI is InChI=1S/C16H17FN2O3S/c1-11-4-3-5-12(2)16(11)19-15(20)10-18-23(21,22)14-8-6-13(17)7-9-14/h3-9,18H,10H2,1-2H3,(H,19,20). The van der Waals surface area contributed by atoms with Crippen LogP contribution in [0.1, 0.15) is 11.1 Å². The van der Waals surface area contributed by atoms with Gasteiger partial charge in [-0.25, -0.2) is 17.5 Å². The number of aryl methyl sites for hydroxylation is 2. The zero-order valence-corrected chi connectivity index (χ0v) is 13.6. The minimum atomic E-state index is -3.86. The van der Waals surface area contributed by atoms with E-state index in [-0.39, 0.29) is 4.90 Å². The number of halogens is 1. The number of carbonyl (C=O) groups excluding carboxylic acids is 1. The van der Waals surface area contributed by atoms with Gasteiger partial charge in [-0.15, -0.1) is 0 Å². The molecular formula is C16H17FN2O3S. The fourth-order valence-electron chi connectivity index (χ4n) is 2.05. The summed E-state index contributed by atoms with van der Waals surface area (Å²) >= 11 is 0. The van der Waals surface area contributed by atoms with E-state index in [1.54, 1.807) is 0 Å².